The highest BCUT2D eigenvalue weighted by molar-refractivity contribution is 7.17. The van der Waals surface area contributed by atoms with E-state index in [1.54, 1.807) is 6.07 Å². The number of likely N-dealkylation sites (tertiary alicyclic amines) is 1. The number of amides is 2. The lowest BCUT2D eigenvalue weighted by atomic mass is 9.95. The summed E-state index contributed by atoms with van der Waals surface area (Å²) < 4.78 is 5.32. The standard InChI is InChI=1S/C21H22Cl2N2O3S/c22-16-11-15(12-17(23)13-16)18-1-2-19(29-18)21(27)24-5-3-14(4-6-24)20(26)25-7-9-28-10-8-25/h1-2,11-14H,3-10H2. The predicted molar refractivity (Wildman–Crippen MR) is 116 cm³/mol. The second-order valence-corrected chi connectivity index (χ2v) is 9.28. The van der Waals surface area contributed by atoms with E-state index in [4.69, 9.17) is 27.9 Å². The first kappa shape index (κ1) is 20.7. The van der Waals surface area contributed by atoms with Gasteiger partial charge in [0, 0.05) is 47.0 Å². The predicted octanol–water partition coefficient (Wildman–Crippen LogP) is 4.43. The van der Waals surface area contributed by atoms with Crippen molar-refractivity contribution in [2.24, 2.45) is 5.92 Å². The molecule has 29 heavy (non-hydrogen) atoms. The topological polar surface area (TPSA) is 49.9 Å². The van der Waals surface area contributed by atoms with Gasteiger partial charge in [-0.05, 0) is 48.7 Å². The zero-order chi connectivity index (χ0) is 20.4. The Morgan fingerprint density at radius 2 is 1.59 bits per heavy atom. The van der Waals surface area contributed by atoms with Crippen LogP contribution in [0.1, 0.15) is 22.5 Å². The highest BCUT2D eigenvalue weighted by atomic mass is 35.5. The zero-order valence-electron chi connectivity index (χ0n) is 15.9. The van der Waals surface area contributed by atoms with Gasteiger partial charge in [-0.1, -0.05) is 23.2 Å². The second kappa shape index (κ2) is 9.04. The number of hydrogen-bond acceptors (Lipinski definition) is 4. The number of morpholine rings is 1. The van der Waals surface area contributed by atoms with Crippen molar-refractivity contribution in [2.45, 2.75) is 12.8 Å². The summed E-state index contributed by atoms with van der Waals surface area (Å²) in [5.41, 5.74) is 0.904. The summed E-state index contributed by atoms with van der Waals surface area (Å²) in [6.45, 7) is 3.78. The van der Waals surface area contributed by atoms with E-state index in [0.717, 1.165) is 10.4 Å². The lowest BCUT2D eigenvalue weighted by molar-refractivity contribution is -0.141. The third-order valence-electron chi connectivity index (χ3n) is 5.42. The molecule has 0 unspecified atom stereocenters. The molecule has 3 heterocycles. The van der Waals surface area contributed by atoms with Gasteiger partial charge in [0.25, 0.3) is 5.91 Å². The molecule has 8 heteroatoms. The Hall–Kier alpha value is -1.60. The van der Waals surface area contributed by atoms with Gasteiger partial charge in [-0.15, -0.1) is 11.3 Å². The van der Waals surface area contributed by atoms with Gasteiger partial charge >= 0.3 is 0 Å². The Labute approximate surface area is 184 Å². The number of ether oxygens (including phenoxy) is 1. The minimum Gasteiger partial charge on any atom is -0.378 e. The van der Waals surface area contributed by atoms with Crippen molar-refractivity contribution in [3.63, 3.8) is 0 Å². The van der Waals surface area contributed by atoms with Crippen molar-refractivity contribution in [3.05, 3.63) is 45.3 Å². The number of benzene rings is 1. The Morgan fingerprint density at radius 1 is 0.931 bits per heavy atom. The van der Waals surface area contributed by atoms with Crippen molar-refractivity contribution < 1.29 is 14.3 Å². The number of piperidine rings is 1. The first-order chi connectivity index (χ1) is 14.0. The Morgan fingerprint density at radius 3 is 2.24 bits per heavy atom. The summed E-state index contributed by atoms with van der Waals surface area (Å²) in [7, 11) is 0. The van der Waals surface area contributed by atoms with E-state index >= 15 is 0 Å². The third kappa shape index (κ3) is 4.77. The maximum Gasteiger partial charge on any atom is 0.263 e. The molecule has 0 saturated carbocycles. The molecule has 4 rings (SSSR count). The molecule has 1 aromatic carbocycles. The molecular weight excluding hydrogens is 431 g/mol. The average Bonchev–Trinajstić information content (AvgIpc) is 3.23. The quantitative estimate of drug-likeness (QED) is 0.691. The van der Waals surface area contributed by atoms with E-state index < -0.39 is 0 Å². The average molecular weight is 453 g/mol. The third-order valence-corrected chi connectivity index (χ3v) is 6.98. The molecule has 0 radical (unpaired) electrons. The smallest absolute Gasteiger partial charge is 0.263 e. The fraction of sp³-hybridized carbons (Fsp3) is 0.429. The van der Waals surface area contributed by atoms with Crippen LogP contribution in [0.15, 0.2) is 30.3 Å². The van der Waals surface area contributed by atoms with E-state index in [0.29, 0.717) is 67.2 Å². The lowest BCUT2D eigenvalue weighted by Gasteiger charge is -2.35. The van der Waals surface area contributed by atoms with Crippen LogP contribution in [0.3, 0.4) is 0 Å². The molecule has 0 N–H and O–H groups in total. The van der Waals surface area contributed by atoms with Crippen LogP contribution in [-0.4, -0.2) is 61.0 Å². The molecule has 2 aliphatic heterocycles. The van der Waals surface area contributed by atoms with E-state index in [1.165, 1.54) is 11.3 Å². The van der Waals surface area contributed by atoms with Crippen LogP contribution < -0.4 is 0 Å². The summed E-state index contributed by atoms with van der Waals surface area (Å²) in [5, 5.41) is 1.14. The van der Waals surface area contributed by atoms with Crippen LogP contribution in [0.2, 0.25) is 10.0 Å². The van der Waals surface area contributed by atoms with Crippen LogP contribution >= 0.6 is 34.5 Å². The van der Waals surface area contributed by atoms with Gasteiger partial charge in [0.05, 0.1) is 18.1 Å². The van der Waals surface area contributed by atoms with Crippen LogP contribution in [-0.2, 0) is 9.53 Å². The Balaban J connectivity index is 1.37. The van der Waals surface area contributed by atoms with Gasteiger partial charge in [0.2, 0.25) is 5.91 Å². The molecule has 0 spiro atoms. The molecule has 2 amide bonds. The summed E-state index contributed by atoms with van der Waals surface area (Å²) >= 11 is 13.6. The van der Waals surface area contributed by atoms with Gasteiger partial charge < -0.3 is 14.5 Å². The fourth-order valence-corrected chi connectivity index (χ4v) is 5.32. The Bertz CT molecular complexity index is 883. The molecule has 154 valence electrons. The van der Waals surface area contributed by atoms with Gasteiger partial charge in [-0.3, -0.25) is 9.59 Å². The largest absolute Gasteiger partial charge is 0.378 e. The number of rotatable bonds is 3. The molecule has 2 fully saturated rings. The molecule has 0 aliphatic carbocycles. The molecule has 2 saturated heterocycles. The maximum atomic E-state index is 12.9. The first-order valence-electron chi connectivity index (χ1n) is 9.73. The van der Waals surface area contributed by atoms with Crippen molar-refractivity contribution in [2.75, 3.05) is 39.4 Å². The van der Waals surface area contributed by atoms with Gasteiger partial charge in [-0.2, -0.15) is 0 Å². The number of carbonyl (C=O) groups is 2. The second-order valence-electron chi connectivity index (χ2n) is 7.33. The highest BCUT2D eigenvalue weighted by Gasteiger charge is 2.31. The zero-order valence-corrected chi connectivity index (χ0v) is 18.2. The number of hydrogen-bond donors (Lipinski definition) is 0. The van der Waals surface area contributed by atoms with Crippen LogP contribution in [0.5, 0.6) is 0 Å². The monoisotopic (exact) mass is 452 g/mol. The van der Waals surface area contributed by atoms with Gasteiger partial charge in [0.1, 0.15) is 0 Å². The fourth-order valence-electron chi connectivity index (χ4n) is 3.83. The first-order valence-corrected chi connectivity index (χ1v) is 11.3. The van der Waals surface area contributed by atoms with Crippen LogP contribution in [0, 0.1) is 5.92 Å². The summed E-state index contributed by atoms with van der Waals surface area (Å²) in [4.78, 5) is 31.0. The van der Waals surface area contributed by atoms with E-state index in [1.807, 2.05) is 34.1 Å². The van der Waals surface area contributed by atoms with Crippen molar-refractivity contribution in [1.29, 1.82) is 0 Å². The maximum absolute atomic E-state index is 12.9. The molecule has 0 bridgehead atoms. The molecule has 1 aromatic heterocycles. The van der Waals surface area contributed by atoms with E-state index in [-0.39, 0.29) is 17.7 Å². The summed E-state index contributed by atoms with van der Waals surface area (Å²) in [6, 6.07) is 9.15. The van der Waals surface area contributed by atoms with Crippen molar-refractivity contribution >= 4 is 46.4 Å². The number of thiophene rings is 1. The van der Waals surface area contributed by atoms with Gasteiger partial charge in [-0.25, -0.2) is 0 Å². The van der Waals surface area contributed by atoms with E-state index in [9.17, 15) is 9.59 Å². The minimum atomic E-state index is 0.00430. The van der Waals surface area contributed by atoms with Crippen LogP contribution in [0.25, 0.3) is 10.4 Å². The van der Waals surface area contributed by atoms with Crippen LogP contribution in [0.4, 0.5) is 0 Å². The molecule has 2 aromatic rings. The lowest BCUT2D eigenvalue weighted by Crippen LogP contribution is -2.47. The van der Waals surface area contributed by atoms with E-state index in [2.05, 4.69) is 0 Å². The van der Waals surface area contributed by atoms with Crippen molar-refractivity contribution in [1.82, 2.24) is 9.80 Å². The number of nitrogens with zero attached hydrogens (tertiary/aromatic N) is 2. The summed E-state index contributed by atoms with van der Waals surface area (Å²) in [5.74, 6) is 0.230. The molecular formula is C21H22Cl2N2O3S. The highest BCUT2D eigenvalue weighted by Crippen LogP contribution is 2.33. The minimum absolute atomic E-state index is 0.00430. The Kier molecular flexibility index (Phi) is 6.44. The SMILES string of the molecule is O=C(c1ccc(-c2cc(Cl)cc(Cl)c2)s1)N1CCC(C(=O)N2CCOCC2)CC1. The van der Waals surface area contributed by atoms with Gasteiger partial charge in [0.15, 0.2) is 0 Å². The number of halogens is 2. The molecule has 0 atom stereocenters. The summed E-state index contributed by atoms with van der Waals surface area (Å²) in [6.07, 6.45) is 1.42. The number of carbonyl (C=O) groups excluding carboxylic acids is 2. The molecule has 5 nitrogen and oxygen atoms in total. The molecule has 2 aliphatic rings. The van der Waals surface area contributed by atoms with Crippen molar-refractivity contribution in [3.8, 4) is 10.4 Å². The normalized spacial score (nSPS) is 18.1.